The second kappa shape index (κ2) is 9.80. The van der Waals surface area contributed by atoms with E-state index in [1.54, 1.807) is 0 Å². The fourth-order valence-corrected chi connectivity index (χ4v) is 3.89. The maximum absolute atomic E-state index is 3.48. The number of nitrogens with one attached hydrogen (secondary N) is 1. The monoisotopic (exact) mass is 267 g/mol. The fourth-order valence-electron chi connectivity index (χ4n) is 3.89. The van der Waals surface area contributed by atoms with Crippen molar-refractivity contribution in [3.05, 3.63) is 0 Å². The summed E-state index contributed by atoms with van der Waals surface area (Å²) in [5, 5.41) is 3.48. The van der Waals surface area contributed by atoms with Gasteiger partial charge < -0.3 is 5.32 Å². The molecule has 19 heavy (non-hydrogen) atoms. The second-order valence-corrected chi connectivity index (χ2v) is 6.93. The molecule has 0 aromatic rings. The maximum atomic E-state index is 3.48. The molecule has 0 radical (unpaired) electrons. The van der Waals surface area contributed by atoms with Crippen LogP contribution in [0, 0.1) is 11.3 Å². The first-order valence-electron chi connectivity index (χ1n) is 8.91. The van der Waals surface area contributed by atoms with Crippen LogP contribution in [0.15, 0.2) is 0 Å². The third-order valence-corrected chi connectivity index (χ3v) is 5.24. The van der Waals surface area contributed by atoms with Gasteiger partial charge in [0.15, 0.2) is 0 Å². The van der Waals surface area contributed by atoms with Gasteiger partial charge in [-0.2, -0.15) is 0 Å². The highest BCUT2D eigenvalue weighted by Gasteiger charge is 2.33. The molecule has 0 aliphatic heterocycles. The van der Waals surface area contributed by atoms with Crippen LogP contribution < -0.4 is 5.32 Å². The average molecular weight is 268 g/mol. The van der Waals surface area contributed by atoms with E-state index in [0.29, 0.717) is 5.41 Å². The van der Waals surface area contributed by atoms with Gasteiger partial charge in [-0.1, -0.05) is 58.8 Å². The average Bonchev–Trinajstić information content (AvgIpc) is 2.44. The number of hydrogen-bond acceptors (Lipinski definition) is 1. The zero-order chi connectivity index (χ0) is 14.0. The van der Waals surface area contributed by atoms with E-state index < -0.39 is 0 Å². The normalized spacial score (nSPS) is 27.6. The lowest BCUT2D eigenvalue weighted by Crippen LogP contribution is -2.36. The summed E-state index contributed by atoms with van der Waals surface area (Å²) in [6, 6.07) is 0. The van der Waals surface area contributed by atoms with Crippen LogP contribution >= 0.6 is 0 Å². The van der Waals surface area contributed by atoms with Gasteiger partial charge in [-0.15, -0.1) is 0 Å². The quantitative estimate of drug-likeness (QED) is 0.512. The van der Waals surface area contributed by atoms with Crippen molar-refractivity contribution in [2.45, 2.75) is 90.9 Å². The standard InChI is InChI=1S/C18H37N/c1-4-6-8-9-13-18(16-19-3)14-11-17(12-15-18)10-7-5-2/h17,19H,4-16H2,1-3H3. The van der Waals surface area contributed by atoms with Crippen LogP contribution in [0.3, 0.4) is 0 Å². The molecule has 1 aliphatic rings. The van der Waals surface area contributed by atoms with E-state index in [-0.39, 0.29) is 0 Å². The molecule has 114 valence electrons. The van der Waals surface area contributed by atoms with E-state index >= 15 is 0 Å². The summed E-state index contributed by atoms with van der Waals surface area (Å²) in [5.41, 5.74) is 0.644. The Hall–Kier alpha value is -0.0400. The molecule has 1 nitrogen and oxygen atoms in total. The zero-order valence-electron chi connectivity index (χ0n) is 13.8. The van der Waals surface area contributed by atoms with Crippen LogP contribution in [-0.2, 0) is 0 Å². The SMILES string of the molecule is CCCCCCC1(CNC)CCC(CCCC)CC1. The van der Waals surface area contributed by atoms with Crippen molar-refractivity contribution in [3.63, 3.8) is 0 Å². The minimum absolute atomic E-state index is 0.644. The first-order chi connectivity index (χ1) is 9.26. The second-order valence-electron chi connectivity index (χ2n) is 6.93. The Kier molecular flexibility index (Phi) is 8.77. The molecule has 1 fully saturated rings. The van der Waals surface area contributed by atoms with Gasteiger partial charge in [0.1, 0.15) is 0 Å². The van der Waals surface area contributed by atoms with E-state index in [2.05, 4.69) is 26.2 Å². The maximum Gasteiger partial charge on any atom is 0.000481 e. The van der Waals surface area contributed by atoms with Gasteiger partial charge in [0.2, 0.25) is 0 Å². The molecule has 0 spiro atoms. The molecule has 1 N–H and O–H groups in total. The Morgan fingerprint density at radius 3 is 2.21 bits per heavy atom. The topological polar surface area (TPSA) is 12.0 Å². The molecule has 1 saturated carbocycles. The zero-order valence-corrected chi connectivity index (χ0v) is 13.8. The van der Waals surface area contributed by atoms with Crippen molar-refractivity contribution >= 4 is 0 Å². The van der Waals surface area contributed by atoms with E-state index in [1.807, 2.05) is 0 Å². The summed E-state index contributed by atoms with van der Waals surface area (Å²) in [7, 11) is 2.14. The third-order valence-electron chi connectivity index (χ3n) is 5.24. The largest absolute Gasteiger partial charge is 0.319 e. The summed E-state index contributed by atoms with van der Waals surface area (Å²) in [5.74, 6) is 1.04. The number of hydrogen-bond donors (Lipinski definition) is 1. The van der Waals surface area contributed by atoms with E-state index in [4.69, 9.17) is 0 Å². The van der Waals surface area contributed by atoms with Gasteiger partial charge in [0, 0.05) is 6.54 Å². The Balaban J connectivity index is 2.33. The fraction of sp³-hybridized carbons (Fsp3) is 1.00. The first kappa shape index (κ1) is 17.0. The van der Waals surface area contributed by atoms with Gasteiger partial charge in [0.05, 0.1) is 0 Å². The molecular weight excluding hydrogens is 230 g/mol. The predicted octanol–water partition coefficient (Wildman–Crippen LogP) is 5.54. The first-order valence-corrected chi connectivity index (χ1v) is 8.91. The van der Waals surface area contributed by atoms with Gasteiger partial charge in [-0.05, 0) is 50.5 Å². The van der Waals surface area contributed by atoms with E-state index in [9.17, 15) is 0 Å². The molecule has 0 unspecified atom stereocenters. The highest BCUT2D eigenvalue weighted by Crippen LogP contribution is 2.43. The van der Waals surface area contributed by atoms with Gasteiger partial charge in [-0.3, -0.25) is 0 Å². The molecule has 0 aromatic heterocycles. The number of unbranched alkanes of at least 4 members (excludes halogenated alkanes) is 4. The molecule has 1 rings (SSSR count). The lowest BCUT2D eigenvalue weighted by Gasteiger charge is -2.40. The third kappa shape index (κ3) is 6.29. The minimum Gasteiger partial charge on any atom is -0.319 e. The molecule has 0 amide bonds. The lowest BCUT2D eigenvalue weighted by molar-refractivity contribution is 0.126. The van der Waals surface area contributed by atoms with Crippen LogP contribution in [0.5, 0.6) is 0 Å². The highest BCUT2D eigenvalue weighted by atomic mass is 14.8. The minimum atomic E-state index is 0.644. The molecule has 1 heteroatoms. The van der Waals surface area contributed by atoms with Crippen molar-refractivity contribution < 1.29 is 0 Å². The Morgan fingerprint density at radius 2 is 1.63 bits per heavy atom. The molecular formula is C18H37N. The predicted molar refractivity (Wildman–Crippen MR) is 86.6 cm³/mol. The molecule has 0 atom stereocenters. The summed E-state index contributed by atoms with van der Waals surface area (Å²) >= 11 is 0. The van der Waals surface area contributed by atoms with Gasteiger partial charge >= 0.3 is 0 Å². The van der Waals surface area contributed by atoms with Crippen molar-refractivity contribution in [1.29, 1.82) is 0 Å². The summed E-state index contributed by atoms with van der Waals surface area (Å²) in [4.78, 5) is 0. The van der Waals surface area contributed by atoms with Crippen LogP contribution in [0.25, 0.3) is 0 Å². The van der Waals surface area contributed by atoms with Crippen LogP contribution in [0.4, 0.5) is 0 Å². The van der Waals surface area contributed by atoms with Crippen LogP contribution in [-0.4, -0.2) is 13.6 Å². The molecule has 0 aromatic carbocycles. The molecule has 0 bridgehead atoms. The van der Waals surface area contributed by atoms with Crippen molar-refractivity contribution in [2.24, 2.45) is 11.3 Å². The molecule has 0 heterocycles. The lowest BCUT2D eigenvalue weighted by atomic mass is 9.67. The van der Waals surface area contributed by atoms with Crippen molar-refractivity contribution in [2.75, 3.05) is 13.6 Å². The molecule has 0 saturated heterocycles. The Bertz CT molecular complexity index is 204. The van der Waals surface area contributed by atoms with E-state index in [0.717, 1.165) is 5.92 Å². The van der Waals surface area contributed by atoms with Crippen LogP contribution in [0.2, 0.25) is 0 Å². The van der Waals surface area contributed by atoms with Crippen molar-refractivity contribution in [1.82, 2.24) is 5.32 Å². The van der Waals surface area contributed by atoms with Gasteiger partial charge in [0.25, 0.3) is 0 Å². The van der Waals surface area contributed by atoms with E-state index in [1.165, 1.54) is 83.6 Å². The Morgan fingerprint density at radius 1 is 0.947 bits per heavy atom. The summed E-state index contributed by atoms with van der Waals surface area (Å²) in [6.45, 7) is 5.88. The van der Waals surface area contributed by atoms with Gasteiger partial charge in [-0.25, -0.2) is 0 Å². The van der Waals surface area contributed by atoms with Crippen molar-refractivity contribution in [3.8, 4) is 0 Å². The summed E-state index contributed by atoms with van der Waals surface area (Å²) in [6.07, 6.45) is 17.4. The van der Waals surface area contributed by atoms with Crippen LogP contribution in [0.1, 0.15) is 90.9 Å². The summed E-state index contributed by atoms with van der Waals surface area (Å²) < 4.78 is 0. The smallest absolute Gasteiger partial charge is 0.000481 e. The number of rotatable bonds is 10. The Labute approximate surface area is 121 Å². The molecule has 1 aliphatic carbocycles. The highest BCUT2D eigenvalue weighted by molar-refractivity contribution is 4.87.